The number of amides is 1. The highest BCUT2D eigenvalue weighted by Gasteiger charge is 2.51. The smallest absolute Gasteiger partial charge is 0.409 e. The summed E-state index contributed by atoms with van der Waals surface area (Å²) >= 11 is 0. The van der Waals surface area contributed by atoms with E-state index in [9.17, 15) is 4.79 Å². The van der Waals surface area contributed by atoms with Crippen molar-refractivity contribution in [3.05, 3.63) is 179 Å². The fourth-order valence-electron chi connectivity index (χ4n) is 5.77. The lowest BCUT2D eigenvalue weighted by atomic mass is 10.0. The predicted molar refractivity (Wildman–Crippen MR) is 190 cm³/mol. The van der Waals surface area contributed by atoms with Crippen molar-refractivity contribution in [2.75, 3.05) is 6.61 Å². The lowest BCUT2D eigenvalue weighted by molar-refractivity contribution is -0.142. The second-order valence-corrected chi connectivity index (χ2v) is 12.1. The summed E-state index contributed by atoms with van der Waals surface area (Å²) in [6.07, 6.45) is -4.11. The van der Waals surface area contributed by atoms with E-state index in [4.69, 9.17) is 28.4 Å². The molecule has 50 heavy (non-hydrogen) atoms. The van der Waals surface area contributed by atoms with Gasteiger partial charge in [0.25, 0.3) is 0 Å². The largest absolute Gasteiger partial charge is 0.445 e. The number of alkyl carbamates (subject to hydrolysis) is 1. The first-order valence-electron chi connectivity index (χ1n) is 16.9. The van der Waals surface area contributed by atoms with Crippen LogP contribution < -0.4 is 5.32 Å². The van der Waals surface area contributed by atoms with E-state index in [0.29, 0.717) is 19.8 Å². The Labute approximate surface area is 293 Å². The first-order valence-corrected chi connectivity index (χ1v) is 16.9. The molecule has 0 spiro atoms. The van der Waals surface area contributed by atoms with Gasteiger partial charge in [0.1, 0.15) is 31.0 Å². The molecule has 0 saturated carbocycles. The molecule has 0 unspecified atom stereocenters. The van der Waals surface area contributed by atoms with Crippen LogP contribution in [-0.2, 0) is 61.5 Å². The van der Waals surface area contributed by atoms with Gasteiger partial charge in [-0.15, -0.1) is 0 Å². The Morgan fingerprint density at radius 2 is 0.960 bits per heavy atom. The van der Waals surface area contributed by atoms with Crippen LogP contribution in [0.1, 0.15) is 27.8 Å². The number of hydrogen-bond acceptors (Lipinski definition) is 7. The van der Waals surface area contributed by atoms with E-state index < -0.39 is 36.7 Å². The number of ether oxygens (including phenoxy) is 6. The van der Waals surface area contributed by atoms with Gasteiger partial charge in [-0.3, -0.25) is 5.32 Å². The molecule has 5 aromatic rings. The molecular weight excluding hydrogens is 630 g/mol. The minimum absolute atomic E-state index is 0.114. The molecule has 1 fully saturated rings. The average Bonchev–Trinajstić information content (AvgIpc) is 3.51. The zero-order valence-electron chi connectivity index (χ0n) is 27.9. The summed E-state index contributed by atoms with van der Waals surface area (Å²) < 4.78 is 38.3. The Balaban J connectivity index is 1.25. The standard InChI is InChI=1S/C42H43NO7/c44-42(49-30-36-24-14-5-15-25-36)43-41-40(48-29-35-22-12-4-13-23-35)39(47-28-34-20-10-3-11-21-34)38(50-41)37(46-27-33-18-8-2-9-19-33)31-45-26-32-16-6-1-7-17-32/h1-25,37-41H,26-31H2,(H,43,44)/t37-,38-,39+,40-,41+/m1/s1. The Hall–Kier alpha value is -4.83. The van der Waals surface area contributed by atoms with Crippen LogP contribution in [0.3, 0.4) is 0 Å². The summed E-state index contributed by atoms with van der Waals surface area (Å²) in [6, 6.07) is 49.3. The van der Waals surface area contributed by atoms with Crippen molar-refractivity contribution in [1.29, 1.82) is 0 Å². The van der Waals surface area contributed by atoms with E-state index in [1.54, 1.807) is 0 Å². The second-order valence-electron chi connectivity index (χ2n) is 12.1. The molecule has 0 aliphatic carbocycles. The topological polar surface area (TPSA) is 84.5 Å². The Morgan fingerprint density at radius 3 is 1.46 bits per heavy atom. The molecule has 0 radical (unpaired) electrons. The maximum Gasteiger partial charge on any atom is 0.409 e. The van der Waals surface area contributed by atoms with Crippen molar-refractivity contribution in [2.24, 2.45) is 0 Å². The van der Waals surface area contributed by atoms with Crippen molar-refractivity contribution < 1.29 is 33.2 Å². The van der Waals surface area contributed by atoms with Gasteiger partial charge in [-0.2, -0.15) is 0 Å². The number of benzene rings is 5. The van der Waals surface area contributed by atoms with Gasteiger partial charge in [0.05, 0.1) is 33.0 Å². The van der Waals surface area contributed by atoms with Crippen LogP contribution in [0.25, 0.3) is 0 Å². The van der Waals surface area contributed by atoms with E-state index >= 15 is 0 Å². The minimum Gasteiger partial charge on any atom is -0.445 e. The van der Waals surface area contributed by atoms with Crippen molar-refractivity contribution in [3.8, 4) is 0 Å². The fourth-order valence-corrected chi connectivity index (χ4v) is 5.77. The third-order valence-electron chi connectivity index (χ3n) is 8.36. The van der Waals surface area contributed by atoms with E-state index in [1.807, 2.05) is 152 Å². The van der Waals surface area contributed by atoms with Crippen molar-refractivity contribution in [2.45, 2.75) is 63.7 Å². The van der Waals surface area contributed by atoms with Crippen LogP contribution in [0, 0.1) is 0 Å². The van der Waals surface area contributed by atoms with Gasteiger partial charge in [0.15, 0.2) is 6.23 Å². The third-order valence-corrected chi connectivity index (χ3v) is 8.36. The molecule has 0 aromatic heterocycles. The highest BCUT2D eigenvalue weighted by molar-refractivity contribution is 5.67. The molecule has 0 bridgehead atoms. The molecule has 6 rings (SSSR count). The number of carbonyl (C=O) groups excluding carboxylic acids is 1. The first-order chi connectivity index (χ1) is 24.7. The predicted octanol–water partition coefficient (Wildman–Crippen LogP) is 7.61. The molecule has 1 aliphatic heterocycles. The van der Waals surface area contributed by atoms with Gasteiger partial charge in [-0.05, 0) is 27.8 Å². The Bertz CT molecular complexity index is 1680. The summed E-state index contributed by atoms with van der Waals surface area (Å²) in [5, 5.41) is 2.92. The Morgan fingerprint density at radius 1 is 0.540 bits per heavy atom. The summed E-state index contributed by atoms with van der Waals surface area (Å²) in [4.78, 5) is 13.2. The van der Waals surface area contributed by atoms with E-state index in [1.165, 1.54) is 0 Å². The number of carbonyl (C=O) groups is 1. The Kier molecular flexibility index (Phi) is 13.2. The molecule has 1 aliphatic rings. The SMILES string of the molecule is O=C(N[C@H]1O[C@H]([C@@H](COCc2ccccc2)OCc2ccccc2)[C@H](OCc2ccccc2)[C@H]1OCc1ccccc1)OCc1ccccc1. The van der Waals surface area contributed by atoms with Gasteiger partial charge < -0.3 is 28.4 Å². The highest BCUT2D eigenvalue weighted by Crippen LogP contribution is 2.31. The molecule has 1 heterocycles. The van der Waals surface area contributed by atoms with Crippen LogP contribution in [0.4, 0.5) is 4.79 Å². The lowest BCUT2D eigenvalue weighted by Gasteiger charge is -2.29. The van der Waals surface area contributed by atoms with Gasteiger partial charge >= 0.3 is 6.09 Å². The van der Waals surface area contributed by atoms with Crippen LogP contribution in [0.2, 0.25) is 0 Å². The summed E-state index contributed by atoms with van der Waals surface area (Å²) in [5.41, 5.74) is 4.90. The quantitative estimate of drug-likeness (QED) is 0.109. The normalized spacial score (nSPS) is 19.1. The molecule has 1 saturated heterocycles. The summed E-state index contributed by atoms with van der Waals surface area (Å²) in [5.74, 6) is 0. The molecule has 8 heteroatoms. The van der Waals surface area contributed by atoms with Crippen LogP contribution in [0.5, 0.6) is 0 Å². The molecule has 8 nitrogen and oxygen atoms in total. The monoisotopic (exact) mass is 673 g/mol. The van der Waals surface area contributed by atoms with Crippen LogP contribution >= 0.6 is 0 Å². The summed E-state index contributed by atoms with van der Waals surface area (Å²) in [6.45, 7) is 1.65. The molecule has 258 valence electrons. The van der Waals surface area contributed by atoms with E-state index in [-0.39, 0.29) is 19.8 Å². The van der Waals surface area contributed by atoms with Crippen LogP contribution in [-0.4, -0.2) is 43.3 Å². The average molecular weight is 674 g/mol. The second kappa shape index (κ2) is 18.8. The van der Waals surface area contributed by atoms with Gasteiger partial charge in [-0.25, -0.2) is 4.79 Å². The van der Waals surface area contributed by atoms with Crippen molar-refractivity contribution in [1.82, 2.24) is 5.32 Å². The van der Waals surface area contributed by atoms with Crippen LogP contribution in [0.15, 0.2) is 152 Å². The maximum absolute atomic E-state index is 13.2. The van der Waals surface area contributed by atoms with E-state index in [0.717, 1.165) is 27.8 Å². The molecule has 1 amide bonds. The van der Waals surface area contributed by atoms with Gasteiger partial charge in [0.2, 0.25) is 0 Å². The molecule has 5 atom stereocenters. The number of hydrogen-bond donors (Lipinski definition) is 1. The lowest BCUT2D eigenvalue weighted by Crippen LogP contribution is -2.47. The summed E-state index contributed by atoms with van der Waals surface area (Å²) in [7, 11) is 0. The highest BCUT2D eigenvalue weighted by atomic mass is 16.6. The number of rotatable bonds is 17. The fraction of sp³-hybridized carbons (Fsp3) is 0.262. The maximum atomic E-state index is 13.2. The minimum atomic E-state index is -0.898. The van der Waals surface area contributed by atoms with Gasteiger partial charge in [-0.1, -0.05) is 152 Å². The molecule has 5 aromatic carbocycles. The molecular formula is C42H43NO7. The van der Waals surface area contributed by atoms with Crippen molar-refractivity contribution >= 4 is 6.09 Å². The van der Waals surface area contributed by atoms with Crippen molar-refractivity contribution in [3.63, 3.8) is 0 Å². The zero-order chi connectivity index (χ0) is 34.2. The van der Waals surface area contributed by atoms with E-state index in [2.05, 4.69) is 5.32 Å². The number of nitrogens with one attached hydrogen (secondary N) is 1. The first kappa shape index (κ1) is 35.0. The zero-order valence-corrected chi connectivity index (χ0v) is 27.9. The van der Waals surface area contributed by atoms with Gasteiger partial charge in [0, 0.05) is 0 Å². The molecule has 1 N–H and O–H groups in total. The third kappa shape index (κ3) is 10.6.